The van der Waals surface area contributed by atoms with E-state index in [0.29, 0.717) is 0 Å². The molecule has 2 rings (SSSR count). The molecule has 1 aromatic carbocycles. The normalized spacial score (nSPS) is 25.4. The molecular weight excluding hydrogens is 276 g/mol. The first-order chi connectivity index (χ1) is 9.38. The van der Waals surface area contributed by atoms with Crippen LogP contribution >= 0.6 is 0 Å². The molecule has 0 radical (unpaired) electrons. The second-order valence-corrected chi connectivity index (χ2v) is 7.02. The van der Waals surface area contributed by atoms with Gasteiger partial charge in [0.05, 0.1) is 11.0 Å². The number of benzene rings is 1. The Kier molecular flexibility index (Phi) is 4.80. The van der Waals surface area contributed by atoms with Crippen molar-refractivity contribution in [2.24, 2.45) is 5.14 Å². The Hall–Kier alpha value is -0.950. The number of primary sulfonamides is 1. The molecule has 3 atom stereocenters. The van der Waals surface area contributed by atoms with Crippen molar-refractivity contribution in [3.05, 3.63) is 29.8 Å². The van der Waals surface area contributed by atoms with Gasteiger partial charge in [-0.05, 0) is 37.5 Å². The first-order valence-electron chi connectivity index (χ1n) is 6.95. The minimum atomic E-state index is -3.64. The number of nitrogens with one attached hydrogen (secondary N) is 1. The molecule has 5 nitrogen and oxygen atoms in total. The van der Waals surface area contributed by atoms with E-state index in [4.69, 9.17) is 5.14 Å². The standard InChI is InChI=1S/C14H22N2O3S/c1-10(16-13-4-2-3-5-14(13)17)11-6-8-12(9-7-11)20(15,18)19/h6-10,13-14,16-17H,2-5H2,1H3,(H2,15,18,19). The molecule has 6 heteroatoms. The second kappa shape index (κ2) is 6.22. The monoisotopic (exact) mass is 298 g/mol. The highest BCUT2D eigenvalue weighted by Gasteiger charge is 2.24. The molecule has 0 aromatic heterocycles. The van der Waals surface area contributed by atoms with Gasteiger partial charge in [0.25, 0.3) is 0 Å². The molecule has 0 bridgehead atoms. The van der Waals surface area contributed by atoms with Crippen LogP contribution in [0.3, 0.4) is 0 Å². The van der Waals surface area contributed by atoms with Crippen molar-refractivity contribution in [3.8, 4) is 0 Å². The molecule has 0 aliphatic heterocycles. The van der Waals surface area contributed by atoms with Gasteiger partial charge in [-0.2, -0.15) is 0 Å². The molecule has 1 aliphatic carbocycles. The predicted octanol–water partition coefficient (Wildman–Crippen LogP) is 1.29. The zero-order valence-corrected chi connectivity index (χ0v) is 12.4. The van der Waals surface area contributed by atoms with Crippen LogP contribution in [0.15, 0.2) is 29.2 Å². The topological polar surface area (TPSA) is 92.4 Å². The summed E-state index contributed by atoms with van der Waals surface area (Å²) in [5, 5.41) is 18.4. The number of aliphatic hydroxyl groups is 1. The molecule has 3 unspecified atom stereocenters. The van der Waals surface area contributed by atoms with Gasteiger partial charge in [0.1, 0.15) is 0 Å². The Morgan fingerprint density at radius 1 is 1.25 bits per heavy atom. The highest BCUT2D eigenvalue weighted by atomic mass is 32.2. The summed E-state index contributed by atoms with van der Waals surface area (Å²) in [6.07, 6.45) is 3.73. The van der Waals surface area contributed by atoms with Gasteiger partial charge in [0.2, 0.25) is 10.0 Å². The number of hydrogen-bond acceptors (Lipinski definition) is 4. The summed E-state index contributed by atoms with van der Waals surface area (Å²) in [6, 6.07) is 6.71. The Morgan fingerprint density at radius 3 is 2.40 bits per heavy atom. The number of hydrogen-bond donors (Lipinski definition) is 3. The summed E-state index contributed by atoms with van der Waals surface area (Å²) >= 11 is 0. The van der Waals surface area contributed by atoms with E-state index < -0.39 is 10.0 Å². The molecule has 20 heavy (non-hydrogen) atoms. The van der Waals surface area contributed by atoms with E-state index in [1.165, 1.54) is 12.1 Å². The summed E-state index contributed by atoms with van der Waals surface area (Å²) in [4.78, 5) is 0.117. The van der Waals surface area contributed by atoms with Gasteiger partial charge in [-0.25, -0.2) is 13.6 Å². The van der Waals surface area contributed by atoms with Crippen LogP contribution in [0.1, 0.15) is 44.2 Å². The third kappa shape index (κ3) is 3.79. The van der Waals surface area contributed by atoms with Crippen molar-refractivity contribution < 1.29 is 13.5 Å². The number of rotatable bonds is 4. The molecule has 0 spiro atoms. The van der Waals surface area contributed by atoms with Crippen LogP contribution < -0.4 is 10.5 Å². The minimum Gasteiger partial charge on any atom is -0.392 e. The van der Waals surface area contributed by atoms with E-state index in [1.54, 1.807) is 12.1 Å². The zero-order valence-electron chi connectivity index (χ0n) is 11.6. The average Bonchev–Trinajstić information content (AvgIpc) is 2.40. The molecule has 0 heterocycles. The third-order valence-corrected chi connectivity index (χ3v) is 4.83. The van der Waals surface area contributed by atoms with Crippen molar-refractivity contribution in [2.45, 2.75) is 55.7 Å². The average molecular weight is 298 g/mol. The van der Waals surface area contributed by atoms with Crippen LogP contribution in [-0.4, -0.2) is 25.7 Å². The first-order valence-corrected chi connectivity index (χ1v) is 8.49. The molecule has 0 saturated heterocycles. The summed E-state index contributed by atoms with van der Waals surface area (Å²) in [6.45, 7) is 2.01. The van der Waals surface area contributed by atoms with E-state index in [1.807, 2.05) is 6.92 Å². The van der Waals surface area contributed by atoms with Crippen LogP contribution in [-0.2, 0) is 10.0 Å². The van der Waals surface area contributed by atoms with Crippen molar-refractivity contribution in [2.75, 3.05) is 0 Å². The minimum absolute atomic E-state index is 0.0577. The quantitative estimate of drug-likeness (QED) is 0.781. The van der Waals surface area contributed by atoms with E-state index in [2.05, 4.69) is 5.32 Å². The van der Waals surface area contributed by atoms with Crippen LogP contribution in [0.5, 0.6) is 0 Å². The largest absolute Gasteiger partial charge is 0.392 e. The summed E-state index contributed by atoms with van der Waals surface area (Å²) in [5.41, 5.74) is 0.982. The maximum Gasteiger partial charge on any atom is 0.238 e. The highest BCUT2D eigenvalue weighted by Crippen LogP contribution is 2.22. The Balaban J connectivity index is 2.03. The van der Waals surface area contributed by atoms with E-state index in [0.717, 1.165) is 31.2 Å². The van der Waals surface area contributed by atoms with Crippen molar-refractivity contribution >= 4 is 10.0 Å². The lowest BCUT2D eigenvalue weighted by molar-refractivity contribution is 0.0860. The maximum absolute atomic E-state index is 11.2. The van der Waals surface area contributed by atoms with Gasteiger partial charge in [-0.15, -0.1) is 0 Å². The Bertz CT molecular complexity index is 542. The molecule has 1 fully saturated rings. The van der Waals surface area contributed by atoms with Gasteiger partial charge in [0.15, 0.2) is 0 Å². The predicted molar refractivity (Wildman–Crippen MR) is 77.6 cm³/mol. The van der Waals surface area contributed by atoms with Crippen LogP contribution in [0.2, 0.25) is 0 Å². The van der Waals surface area contributed by atoms with E-state index >= 15 is 0 Å². The Morgan fingerprint density at radius 2 is 1.85 bits per heavy atom. The smallest absolute Gasteiger partial charge is 0.238 e. The Labute approximate surface area is 120 Å². The molecular formula is C14H22N2O3S. The summed E-state index contributed by atoms with van der Waals surface area (Å²) < 4.78 is 22.4. The van der Waals surface area contributed by atoms with Gasteiger partial charge in [-0.3, -0.25) is 0 Å². The molecule has 112 valence electrons. The number of nitrogens with two attached hydrogens (primary N) is 1. The molecule has 0 amide bonds. The molecule has 1 saturated carbocycles. The van der Waals surface area contributed by atoms with Crippen LogP contribution in [0, 0.1) is 0 Å². The van der Waals surface area contributed by atoms with E-state index in [-0.39, 0.29) is 23.1 Å². The molecule has 4 N–H and O–H groups in total. The van der Waals surface area contributed by atoms with Crippen LogP contribution in [0.4, 0.5) is 0 Å². The fourth-order valence-electron chi connectivity index (χ4n) is 2.67. The van der Waals surface area contributed by atoms with E-state index in [9.17, 15) is 13.5 Å². The maximum atomic E-state index is 11.2. The number of sulfonamides is 1. The number of aliphatic hydroxyl groups excluding tert-OH is 1. The lowest BCUT2D eigenvalue weighted by atomic mass is 9.91. The fourth-order valence-corrected chi connectivity index (χ4v) is 3.18. The zero-order chi connectivity index (χ0) is 14.8. The summed E-state index contributed by atoms with van der Waals surface area (Å²) in [5.74, 6) is 0. The van der Waals surface area contributed by atoms with Crippen LogP contribution in [0.25, 0.3) is 0 Å². The lowest BCUT2D eigenvalue weighted by Gasteiger charge is -2.31. The van der Waals surface area contributed by atoms with Gasteiger partial charge >= 0.3 is 0 Å². The first kappa shape index (κ1) is 15.4. The third-order valence-electron chi connectivity index (χ3n) is 3.90. The highest BCUT2D eigenvalue weighted by molar-refractivity contribution is 7.89. The van der Waals surface area contributed by atoms with Crippen molar-refractivity contribution in [1.29, 1.82) is 0 Å². The van der Waals surface area contributed by atoms with Gasteiger partial charge < -0.3 is 10.4 Å². The molecule has 1 aliphatic rings. The van der Waals surface area contributed by atoms with Gasteiger partial charge in [-0.1, -0.05) is 25.0 Å². The van der Waals surface area contributed by atoms with Crippen molar-refractivity contribution in [1.82, 2.24) is 5.32 Å². The lowest BCUT2D eigenvalue weighted by Crippen LogP contribution is -2.43. The SMILES string of the molecule is CC(NC1CCCCC1O)c1ccc(S(N)(=O)=O)cc1. The summed E-state index contributed by atoms with van der Waals surface area (Å²) in [7, 11) is -3.64. The fraction of sp³-hybridized carbons (Fsp3) is 0.571. The second-order valence-electron chi connectivity index (χ2n) is 5.46. The van der Waals surface area contributed by atoms with Gasteiger partial charge in [0, 0.05) is 12.1 Å². The molecule has 1 aromatic rings. The van der Waals surface area contributed by atoms with Crippen molar-refractivity contribution in [3.63, 3.8) is 0 Å².